The second-order valence-corrected chi connectivity index (χ2v) is 9.50. The van der Waals surface area contributed by atoms with E-state index in [4.69, 9.17) is 27.4 Å². The first kappa shape index (κ1) is 21.2. The minimum absolute atomic E-state index is 0.00420. The number of nitrogens with two attached hydrogens (primary N) is 1. The monoisotopic (exact) mass is 452 g/mol. The van der Waals surface area contributed by atoms with Crippen molar-refractivity contribution in [1.82, 2.24) is 19.5 Å². The predicted molar refractivity (Wildman–Crippen MR) is 126 cm³/mol. The van der Waals surface area contributed by atoms with E-state index in [1.807, 2.05) is 40.7 Å². The second kappa shape index (κ2) is 8.37. The van der Waals surface area contributed by atoms with Gasteiger partial charge in [0, 0.05) is 54.1 Å². The highest BCUT2D eigenvalue weighted by Gasteiger charge is 2.31. The molecule has 1 aromatic carbocycles. The summed E-state index contributed by atoms with van der Waals surface area (Å²) in [5.41, 5.74) is 10.5. The summed E-state index contributed by atoms with van der Waals surface area (Å²) in [6.07, 6.45) is 5.97. The zero-order valence-corrected chi connectivity index (χ0v) is 19.3. The Balaban J connectivity index is 1.47. The van der Waals surface area contributed by atoms with E-state index in [9.17, 15) is 4.79 Å². The molecule has 4 heterocycles. The molecule has 0 bridgehead atoms. The Morgan fingerprint density at radius 1 is 1.12 bits per heavy atom. The molecule has 2 atom stereocenters. The van der Waals surface area contributed by atoms with Gasteiger partial charge in [-0.05, 0) is 57.2 Å². The van der Waals surface area contributed by atoms with Gasteiger partial charge in [0.25, 0.3) is 5.91 Å². The number of aromatic nitrogens is 3. The molecule has 0 radical (unpaired) electrons. The van der Waals surface area contributed by atoms with Crippen molar-refractivity contribution < 1.29 is 4.79 Å². The summed E-state index contributed by atoms with van der Waals surface area (Å²) in [6, 6.07) is 7.69. The highest BCUT2D eigenvalue weighted by atomic mass is 35.5. The summed E-state index contributed by atoms with van der Waals surface area (Å²) < 4.78 is 1.84. The standard InChI is InChI=1S/C24H29ClN6O/c1-15-6-7-17(11-19(15)25)24(32)30-9-4-3-5-21(30)20-12-22-27-23(16(2)13-31(22)28-20)29-10-8-18(26)14-29/h6-7,11-13,18,21H,3-5,8-10,14,26H2,1-2H3/t18-,21-/m0/s1. The van der Waals surface area contributed by atoms with Crippen molar-refractivity contribution in [3.8, 4) is 0 Å². The number of aryl methyl sites for hydroxylation is 2. The minimum atomic E-state index is -0.0676. The maximum Gasteiger partial charge on any atom is 0.254 e. The van der Waals surface area contributed by atoms with Gasteiger partial charge in [-0.2, -0.15) is 5.10 Å². The molecule has 0 unspecified atom stereocenters. The van der Waals surface area contributed by atoms with Gasteiger partial charge in [-0.1, -0.05) is 17.7 Å². The smallest absolute Gasteiger partial charge is 0.254 e. The van der Waals surface area contributed by atoms with E-state index >= 15 is 0 Å². The van der Waals surface area contributed by atoms with Gasteiger partial charge in [0.05, 0.1) is 11.7 Å². The molecule has 2 aromatic heterocycles. The van der Waals surface area contributed by atoms with Crippen LogP contribution in [0.2, 0.25) is 5.02 Å². The zero-order valence-electron chi connectivity index (χ0n) is 18.6. The van der Waals surface area contributed by atoms with E-state index in [1.165, 1.54) is 0 Å². The Morgan fingerprint density at radius 2 is 1.97 bits per heavy atom. The Labute approximate surface area is 193 Å². The molecule has 2 N–H and O–H groups in total. The fourth-order valence-corrected chi connectivity index (χ4v) is 5.04. The molecular formula is C24H29ClN6O. The summed E-state index contributed by atoms with van der Waals surface area (Å²) >= 11 is 6.29. The van der Waals surface area contributed by atoms with Crippen LogP contribution in [0.4, 0.5) is 5.82 Å². The molecule has 1 amide bonds. The topological polar surface area (TPSA) is 79.8 Å². The Hall–Kier alpha value is -2.64. The molecule has 8 heteroatoms. The van der Waals surface area contributed by atoms with Crippen molar-refractivity contribution >= 4 is 29.0 Å². The average Bonchev–Trinajstić information content (AvgIpc) is 3.40. The third-order valence-electron chi connectivity index (χ3n) is 6.67. The Morgan fingerprint density at radius 3 is 2.72 bits per heavy atom. The molecule has 168 valence electrons. The predicted octanol–water partition coefficient (Wildman–Crippen LogP) is 3.90. The van der Waals surface area contributed by atoms with Crippen molar-refractivity contribution in [2.24, 2.45) is 5.73 Å². The number of piperidine rings is 1. The number of hydrogen-bond acceptors (Lipinski definition) is 5. The van der Waals surface area contributed by atoms with Crippen LogP contribution in [0.15, 0.2) is 30.5 Å². The summed E-state index contributed by atoms with van der Waals surface area (Å²) in [7, 11) is 0. The lowest BCUT2D eigenvalue weighted by atomic mass is 9.98. The lowest BCUT2D eigenvalue weighted by molar-refractivity contribution is 0.0605. The number of likely N-dealkylation sites (tertiary alicyclic amines) is 1. The summed E-state index contributed by atoms with van der Waals surface area (Å²) in [4.78, 5) is 22.5. The third kappa shape index (κ3) is 3.84. The van der Waals surface area contributed by atoms with Gasteiger partial charge in [-0.15, -0.1) is 0 Å². The summed E-state index contributed by atoms with van der Waals surface area (Å²) in [5, 5.41) is 5.45. The number of carbonyl (C=O) groups is 1. The molecule has 5 rings (SSSR count). The molecule has 3 aromatic rings. The van der Waals surface area contributed by atoms with Crippen molar-refractivity contribution in [1.29, 1.82) is 0 Å². The van der Waals surface area contributed by atoms with Crippen molar-refractivity contribution in [2.75, 3.05) is 24.5 Å². The fraction of sp³-hybridized carbons (Fsp3) is 0.458. The number of fused-ring (bicyclic) bond motifs is 1. The summed E-state index contributed by atoms with van der Waals surface area (Å²) in [6.45, 7) is 6.47. The molecule has 0 saturated carbocycles. The first-order valence-corrected chi connectivity index (χ1v) is 11.7. The number of carbonyl (C=O) groups excluding carboxylic acids is 1. The van der Waals surface area contributed by atoms with Gasteiger partial charge in [0.2, 0.25) is 0 Å². The van der Waals surface area contributed by atoms with E-state index < -0.39 is 0 Å². The van der Waals surface area contributed by atoms with Crippen LogP contribution in [0, 0.1) is 13.8 Å². The number of hydrogen-bond donors (Lipinski definition) is 1. The molecule has 2 aliphatic heterocycles. The SMILES string of the molecule is Cc1ccc(C(=O)N2CCCC[C@H]2c2cc3nc(N4CC[C@H](N)C4)c(C)cn3n2)cc1Cl. The van der Waals surface area contributed by atoms with E-state index in [0.717, 1.165) is 67.1 Å². The number of nitrogens with zero attached hydrogens (tertiary/aromatic N) is 5. The fourth-order valence-electron chi connectivity index (χ4n) is 4.86. The first-order valence-electron chi connectivity index (χ1n) is 11.4. The number of amides is 1. The molecule has 0 aliphatic carbocycles. The van der Waals surface area contributed by atoms with Crippen molar-refractivity contribution in [3.63, 3.8) is 0 Å². The van der Waals surface area contributed by atoms with E-state index in [2.05, 4.69) is 11.8 Å². The lowest BCUT2D eigenvalue weighted by Crippen LogP contribution is -2.38. The number of halogens is 1. The highest BCUT2D eigenvalue weighted by molar-refractivity contribution is 6.31. The van der Waals surface area contributed by atoms with Gasteiger partial charge >= 0.3 is 0 Å². The van der Waals surface area contributed by atoms with Crippen molar-refractivity contribution in [3.05, 3.63) is 57.9 Å². The molecule has 2 aliphatic rings. The summed E-state index contributed by atoms with van der Waals surface area (Å²) in [5.74, 6) is 0.979. The van der Waals surface area contributed by atoms with Crippen LogP contribution in [0.5, 0.6) is 0 Å². The third-order valence-corrected chi connectivity index (χ3v) is 7.08. The van der Waals surface area contributed by atoms with Crippen LogP contribution in [0.1, 0.15) is 58.9 Å². The first-order chi connectivity index (χ1) is 15.4. The normalized spacial score (nSPS) is 21.5. The lowest BCUT2D eigenvalue weighted by Gasteiger charge is -2.34. The van der Waals surface area contributed by atoms with Gasteiger partial charge in [-0.3, -0.25) is 4.79 Å². The highest BCUT2D eigenvalue weighted by Crippen LogP contribution is 2.33. The molecule has 2 fully saturated rings. The van der Waals surface area contributed by atoms with Gasteiger partial charge in [0.1, 0.15) is 5.82 Å². The maximum atomic E-state index is 13.4. The van der Waals surface area contributed by atoms with Crippen LogP contribution in [0.25, 0.3) is 5.65 Å². The zero-order chi connectivity index (χ0) is 22.4. The molecule has 0 spiro atoms. The van der Waals surface area contributed by atoms with E-state index in [1.54, 1.807) is 6.07 Å². The van der Waals surface area contributed by atoms with Gasteiger partial charge in [0.15, 0.2) is 5.65 Å². The second-order valence-electron chi connectivity index (χ2n) is 9.09. The Kier molecular flexibility index (Phi) is 5.55. The molecule has 32 heavy (non-hydrogen) atoms. The molecular weight excluding hydrogens is 424 g/mol. The average molecular weight is 453 g/mol. The molecule has 2 saturated heterocycles. The van der Waals surface area contributed by atoms with Crippen LogP contribution in [-0.2, 0) is 0 Å². The van der Waals surface area contributed by atoms with Crippen LogP contribution in [-0.4, -0.2) is 51.1 Å². The minimum Gasteiger partial charge on any atom is -0.355 e. The van der Waals surface area contributed by atoms with Gasteiger partial charge in [-0.25, -0.2) is 9.50 Å². The molecule has 7 nitrogen and oxygen atoms in total. The number of rotatable bonds is 3. The van der Waals surface area contributed by atoms with Gasteiger partial charge < -0.3 is 15.5 Å². The maximum absolute atomic E-state index is 13.4. The van der Waals surface area contributed by atoms with E-state index in [0.29, 0.717) is 17.1 Å². The number of anilines is 1. The van der Waals surface area contributed by atoms with E-state index in [-0.39, 0.29) is 18.0 Å². The van der Waals surface area contributed by atoms with Crippen LogP contribution in [0.3, 0.4) is 0 Å². The Bertz CT molecular complexity index is 1170. The number of benzene rings is 1. The van der Waals surface area contributed by atoms with Crippen LogP contribution < -0.4 is 10.6 Å². The van der Waals surface area contributed by atoms with Crippen LogP contribution >= 0.6 is 11.6 Å². The van der Waals surface area contributed by atoms with Crippen molar-refractivity contribution in [2.45, 2.75) is 51.6 Å². The quantitative estimate of drug-likeness (QED) is 0.651. The largest absolute Gasteiger partial charge is 0.355 e.